The van der Waals surface area contributed by atoms with Gasteiger partial charge in [-0.1, -0.05) is 18.2 Å². The van der Waals surface area contributed by atoms with Crippen LogP contribution in [0.2, 0.25) is 0 Å². The van der Waals surface area contributed by atoms with Crippen LogP contribution in [0.25, 0.3) is 0 Å². The quantitative estimate of drug-likeness (QED) is 0.609. The number of amides is 2. The lowest BCUT2D eigenvalue weighted by molar-refractivity contribution is -0.124. The molecule has 2 atom stereocenters. The maximum absolute atomic E-state index is 11.9. The van der Waals surface area contributed by atoms with Crippen molar-refractivity contribution in [1.82, 2.24) is 10.6 Å². The zero-order chi connectivity index (χ0) is 18.1. The van der Waals surface area contributed by atoms with Crippen LogP contribution in [0.4, 0.5) is 0 Å². The van der Waals surface area contributed by atoms with Crippen LogP contribution in [0.3, 0.4) is 0 Å². The Hall–Kier alpha value is -2.12. The minimum atomic E-state index is -0.189. The van der Waals surface area contributed by atoms with Gasteiger partial charge in [0.05, 0.1) is 6.10 Å². The maximum Gasteiger partial charge on any atom is 0.258 e. The Balaban J connectivity index is 1.77. The lowest BCUT2D eigenvalue weighted by Crippen LogP contribution is -2.35. The minimum Gasteiger partial charge on any atom is -0.483 e. The smallest absolute Gasteiger partial charge is 0.258 e. The fourth-order valence-electron chi connectivity index (χ4n) is 2.58. The van der Waals surface area contributed by atoms with Crippen molar-refractivity contribution in [2.75, 3.05) is 19.8 Å². The van der Waals surface area contributed by atoms with E-state index in [0.29, 0.717) is 18.8 Å². The van der Waals surface area contributed by atoms with E-state index in [4.69, 9.17) is 15.2 Å². The average Bonchev–Trinajstić information content (AvgIpc) is 3.10. The molecule has 0 radical (unpaired) electrons. The number of carbonyl (C=O) groups is 2. The fraction of sp³-hybridized carbons (Fsp3) is 0.556. The van der Waals surface area contributed by atoms with Gasteiger partial charge in [0.1, 0.15) is 5.75 Å². The summed E-state index contributed by atoms with van der Waals surface area (Å²) in [6.07, 6.45) is 2.40. The van der Waals surface area contributed by atoms with Crippen molar-refractivity contribution in [3.63, 3.8) is 0 Å². The van der Waals surface area contributed by atoms with Crippen molar-refractivity contribution in [2.24, 2.45) is 5.73 Å². The third-order valence-electron chi connectivity index (χ3n) is 3.87. The van der Waals surface area contributed by atoms with Crippen LogP contribution >= 0.6 is 0 Å². The Bertz CT molecular complexity index is 571. The highest BCUT2D eigenvalue weighted by molar-refractivity contribution is 5.77. The van der Waals surface area contributed by atoms with Crippen LogP contribution in [0.15, 0.2) is 24.3 Å². The molecule has 1 aromatic carbocycles. The molecule has 0 bridgehead atoms. The van der Waals surface area contributed by atoms with Gasteiger partial charge in [-0.3, -0.25) is 9.59 Å². The van der Waals surface area contributed by atoms with E-state index >= 15 is 0 Å². The monoisotopic (exact) mass is 349 g/mol. The number of benzene rings is 1. The van der Waals surface area contributed by atoms with Crippen molar-refractivity contribution >= 4 is 11.8 Å². The molecule has 25 heavy (non-hydrogen) atoms. The molecule has 138 valence electrons. The Labute approximate surface area is 148 Å². The van der Waals surface area contributed by atoms with Crippen molar-refractivity contribution < 1.29 is 19.1 Å². The summed E-state index contributed by atoms with van der Waals surface area (Å²) in [5.41, 5.74) is 6.42. The molecule has 1 aliphatic heterocycles. The largest absolute Gasteiger partial charge is 0.483 e. The Morgan fingerprint density at radius 1 is 1.32 bits per heavy atom. The fourth-order valence-corrected chi connectivity index (χ4v) is 2.58. The van der Waals surface area contributed by atoms with Gasteiger partial charge < -0.3 is 25.8 Å². The molecule has 2 amide bonds. The topological polar surface area (TPSA) is 103 Å². The summed E-state index contributed by atoms with van der Waals surface area (Å²) in [6, 6.07) is 7.13. The molecule has 2 unspecified atom stereocenters. The second kappa shape index (κ2) is 10.0. The van der Waals surface area contributed by atoms with E-state index in [1.807, 2.05) is 18.2 Å². The summed E-state index contributed by atoms with van der Waals surface area (Å²) in [5.74, 6) is 0.279. The molecule has 1 saturated heterocycles. The second-order valence-electron chi connectivity index (χ2n) is 6.29. The average molecular weight is 349 g/mol. The summed E-state index contributed by atoms with van der Waals surface area (Å²) >= 11 is 0. The summed E-state index contributed by atoms with van der Waals surface area (Å²) < 4.78 is 11.1. The number of nitrogens with one attached hydrogen (secondary N) is 2. The van der Waals surface area contributed by atoms with Gasteiger partial charge in [-0.25, -0.2) is 0 Å². The standard InChI is InChI=1S/C18H27N3O4/c1-13(19)9-17(22)20-10-14-5-2-3-7-16(14)25-12-18(23)21-11-15-6-4-8-24-15/h2-3,5,7,13,15H,4,6,8-12,19H2,1H3,(H,20,22)(H,21,23). The number of hydrogen-bond donors (Lipinski definition) is 3. The number of para-hydroxylation sites is 1. The summed E-state index contributed by atoms with van der Waals surface area (Å²) in [7, 11) is 0. The highest BCUT2D eigenvalue weighted by atomic mass is 16.5. The molecule has 1 heterocycles. The van der Waals surface area contributed by atoms with Gasteiger partial charge in [0.2, 0.25) is 5.91 Å². The van der Waals surface area contributed by atoms with Crippen molar-refractivity contribution in [3.05, 3.63) is 29.8 Å². The highest BCUT2D eigenvalue weighted by Crippen LogP contribution is 2.17. The van der Waals surface area contributed by atoms with E-state index < -0.39 is 0 Å². The summed E-state index contributed by atoms with van der Waals surface area (Å²) in [4.78, 5) is 23.6. The molecule has 1 fully saturated rings. The molecule has 0 aromatic heterocycles. The van der Waals surface area contributed by atoms with Gasteiger partial charge in [-0.2, -0.15) is 0 Å². The molecule has 0 aliphatic carbocycles. The third kappa shape index (κ3) is 7.11. The maximum atomic E-state index is 11.9. The Morgan fingerprint density at radius 2 is 2.12 bits per heavy atom. The molecule has 0 saturated carbocycles. The van der Waals surface area contributed by atoms with Crippen LogP contribution in [-0.4, -0.2) is 43.7 Å². The number of hydrogen-bond acceptors (Lipinski definition) is 5. The molecule has 0 spiro atoms. The number of nitrogens with two attached hydrogens (primary N) is 1. The minimum absolute atomic E-state index is 0.0719. The molecule has 1 aromatic rings. The number of carbonyl (C=O) groups excluding carboxylic acids is 2. The molecule has 4 N–H and O–H groups in total. The number of ether oxygens (including phenoxy) is 2. The molecule has 1 aliphatic rings. The van der Waals surface area contributed by atoms with Gasteiger partial charge in [0.15, 0.2) is 6.61 Å². The first-order valence-electron chi connectivity index (χ1n) is 8.66. The molecular weight excluding hydrogens is 322 g/mol. The first-order valence-corrected chi connectivity index (χ1v) is 8.66. The van der Waals surface area contributed by atoms with E-state index in [2.05, 4.69) is 10.6 Å². The molecular formula is C18H27N3O4. The van der Waals surface area contributed by atoms with Gasteiger partial charge in [-0.05, 0) is 25.8 Å². The van der Waals surface area contributed by atoms with Gasteiger partial charge in [0, 0.05) is 37.7 Å². The van der Waals surface area contributed by atoms with Gasteiger partial charge >= 0.3 is 0 Å². The highest BCUT2D eigenvalue weighted by Gasteiger charge is 2.16. The van der Waals surface area contributed by atoms with Crippen molar-refractivity contribution in [1.29, 1.82) is 0 Å². The Kier molecular flexibility index (Phi) is 7.69. The molecule has 2 rings (SSSR count). The van der Waals surface area contributed by atoms with Crippen LogP contribution in [0.5, 0.6) is 5.75 Å². The first-order chi connectivity index (χ1) is 12.0. The van der Waals surface area contributed by atoms with Gasteiger partial charge in [0.25, 0.3) is 5.91 Å². The predicted molar refractivity (Wildman–Crippen MR) is 94.0 cm³/mol. The Morgan fingerprint density at radius 3 is 2.84 bits per heavy atom. The zero-order valence-electron chi connectivity index (χ0n) is 14.6. The first kappa shape index (κ1) is 19.2. The summed E-state index contributed by atoms with van der Waals surface area (Å²) in [6.45, 7) is 3.32. The van der Waals surface area contributed by atoms with E-state index in [1.165, 1.54) is 0 Å². The lowest BCUT2D eigenvalue weighted by atomic mass is 10.2. The zero-order valence-corrected chi connectivity index (χ0v) is 14.6. The SMILES string of the molecule is CC(N)CC(=O)NCc1ccccc1OCC(=O)NCC1CCCO1. The normalized spacial score (nSPS) is 17.8. The third-order valence-corrected chi connectivity index (χ3v) is 3.87. The second-order valence-corrected chi connectivity index (χ2v) is 6.29. The molecule has 7 nitrogen and oxygen atoms in total. The van der Waals surface area contributed by atoms with E-state index in [-0.39, 0.29) is 37.0 Å². The van der Waals surface area contributed by atoms with Crippen LogP contribution in [0, 0.1) is 0 Å². The van der Waals surface area contributed by atoms with Gasteiger partial charge in [-0.15, -0.1) is 0 Å². The van der Waals surface area contributed by atoms with Crippen LogP contribution in [0.1, 0.15) is 31.7 Å². The van der Waals surface area contributed by atoms with E-state index in [0.717, 1.165) is 25.0 Å². The lowest BCUT2D eigenvalue weighted by Gasteiger charge is -2.14. The van der Waals surface area contributed by atoms with Crippen molar-refractivity contribution in [3.8, 4) is 5.75 Å². The van der Waals surface area contributed by atoms with Crippen LogP contribution < -0.4 is 21.1 Å². The van der Waals surface area contributed by atoms with E-state index in [1.54, 1.807) is 13.0 Å². The predicted octanol–water partition coefficient (Wildman–Crippen LogP) is 0.714. The van der Waals surface area contributed by atoms with Crippen LogP contribution in [-0.2, 0) is 20.9 Å². The van der Waals surface area contributed by atoms with Crippen molar-refractivity contribution in [2.45, 2.75) is 44.9 Å². The number of rotatable bonds is 9. The molecule has 7 heteroatoms. The van der Waals surface area contributed by atoms with E-state index in [9.17, 15) is 9.59 Å². The summed E-state index contributed by atoms with van der Waals surface area (Å²) in [5, 5.41) is 5.62.